The van der Waals surface area contributed by atoms with Gasteiger partial charge in [0.15, 0.2) is 0 Å². The van der Waals surface area contributed by atoms with E-state index in [1.165, 1.54) is 21.6 Å². The summed E-state index contributed by atoms with van der Waals surface area (Å²) < 4.78 is 5.49. The van der Waals surface area contributed by atoms with Crippen molar-refractivity contribution in [2.45, 2.75) is 22.7 Å². The van der Waals surface area contributed by atoms with Gasteiger partial charge in [0.1, 0.15) is 5.75 Å². The number of rotatable bonds is 3. The topological polar surface area (TPSA) is 24.5 Å². The summed E-state index contributed by atoms with van der Waals surface area (Å²) in [6.07, 6.45) is 0. The third kappa shape index (κ3) is 2.65. The monoisotopic (exact) mass is 326 g/mol. The first kappa shape index (κ1) is 15.1. The molecule has 0 spiro atoms. The van der Waals surface area contributed by atoms with Crippen LogP contribution in [0.3, 0.4) is 0 Å². The molecule has 1 fully saturated rings. The SMILES string of the molecule is CNC1CN(C2c3ccccc3CSc3ccc(OC)cc32)C1. The van der Waals surface area contributed by atoms with Gasteiger partial charge in [0.25, 0.3) is 0 Å². The van der Waals surface area contributed by atoms with Gasteiger partial charge >= 0.3 is 0 Å². The minimum atomic E-state index is 0.330. The second-order valence-electron chi connectivity index (χ2n) is 6.23. The molecule has 4 rings (SSSR count). The third-order valence-corrected chi connectivity index (χ3v) is 6.07. The number of thioether (sulfide) groups is 1. The Labute approximate surface area is 142 Å². The number of methoxy groups -OCH3 is 1. The lowest BCUT2D eigenvalue weighted by Crippen LogP contribution is -2.58. The molecule has 2 heterocycles. The number of nitrogens with zero attached hydrogens (tertiary/aromatic N) is 1. The van der Waals surface area contributed by atoms with Gasteiger partial charge in [-0.1, -0.05) is 24.3 Å². The zero-order chi connectivity index (χ0) is 15.8. The fraction of sp³-hybridized carbons (Fsp3) is 0.368. The van der Waals surface area contributed by atoms with Crippen LogP contribution in [0.4, 0.5) is 0 Å². The lowest BCUT2D eigenvalue weighted by Gasteiger charge is -2.45. The summed E-state index contributed by atoms with van der Waals surface area (Å²) in [6, 6.07) is 16.3. The number of ether oxygens (including phenoxy) is 1. The molecule has 1 unspecified atom stereocenters. The number of likely N-dealkylation sites (tertiary alicyclic amines) is 1. The van der Waals surface area contributed by atoms with Crippen molar-refractivity contribution in [3.8, 4) is 5.75 Å². The molecule has 23 heavy (non-hydrogen) atoms. The molecule has 120 valence electrons. The van der Waals surface area contributed by atoms with E-state index in [0.29, 0.717) is 12.1 Å². The molecule has 0 radical (unpaired) electrons. The molecule has 1 atom stereocenters. The maximum Gasteiger partial charge on any atom is 0.119 e. The van der Waals surface area contributed by atoms with Crippen LogP contribution in [0.15, 0.2) is 47.4 Å². The number of hydrogen-bond donors (Lipinski definition) is 1. The first-order valence-electron chi connectivity index (χ1n) is 8.10. The highest BCUT2D eigenvalue weighted by Gasteiger charge is 2.36. The maximum absolute atomic E-state index is 5.49. The molecule has 1 N–H and O–H groups in total. The Bertz CT molecular complexity index is 712. The Kier molecular flexibility index (Phi) is 4.05. The Morgan fingerprint density at radius 2 is 1.96 bits per heavy atom. The summed E-state index contributed by atoms with van der Waals surface area (Å²) in [5.41, 5.74) is 4.28. The lowest BCUT2D eigenvalue weighted by molar-refractivity contribution is 0.0963. The Hall–Kier alpha value is -1.49. The van der Waals surface area contributed by atoms with E-state index in [2.05, 4.69) is 59.7 Å². The van der Waals surface area contributed by atoms with Gasteiger partial charge in [0.2, 0.25) is 0 Å². The Morgan fingerprint density at radius 1 is 1.13 bits per heavy atom. The molecular formula is C19H22N2OS. The summed E-state index contributed by atoms with van der Waals surface area (Å²) in [5, 5.41) is 3.39. The van der Waals surface area contributed by atoms with Gasteiger partial charge in [0.05, 0.1) is 13.2 Å². The van der Waals surface area contributed by atoms with Gasteiger partial charge in [-0.25, -0.2) is 0 Å². The standard InChI is InChI=1S/C19H22N2OS/c1-20-14-10-21(11-14)19-16-6-4-3-5-13(16)12-23-18-8-7-15(22-2)9-17(18)19/h3-9,14,19-20H,10-12H2,1-2H3. The highest BCUT2D eigenvalue weighted by Crippen LogP contribution is 2.44. The minimum absolute atomic E-state index is 0.330. The van der Waals surface area contributed by atoms with Crippen LogP contribution in [0.5, 0.6) is 5.75 Å². The molecule has 0 saturated carbocycles. The van der Waals surface area contributed by atoms with Crippen molar-refractivity contribution in [2.24, 2.45) is 0 Å². The fourth-order valence-electron chi connectivity index (χ4n) is 3.55. The lowest BCUT2D eigenvalue weighted by atomic mass is 9.90. The quantitative estimate of drug-likeness (QED) is 0.935. The van der Waals surface area contributed by atoms with E-state index in [-0.39, 0.29) is 0 Å². The van der Waals surface area contributed by atoms with Gasteiger partial charge < -0.3 is 10.1 Å². The first-order valence-corrected chi connectivity index (χ1v) is 9.08. The van der Waals surface area contributed by atoms with Crippen LogP contribution in [0, 0.1) is 0 Å². The Morgan fingerprint density at radius 3 is 2.74 bits per heavy atom. The molecule has 3 nitrogen and oxygen atoms in total. The summed E-state index contributed by atoms with van der Waals surface area (Å²) in [6.45, 7) is 2.19. The zero-order valence-electron chi connectivity index (χ0n) is 13.6. The summed E-state index contributed by atoms with van der Waals surface area (Å²) >= 11 is 1.94. The van der Waals surface area contributed by atoms with E-state index in [0.717, 1.165) is 24.6 Å². The van der Waals surface area contributed by atoms with Crippen LogP contribution in [-0.4, -0.2) is 38.2 Å². The molecule has 0 amide bonds. The smallest absolute Gasteiger partial charge is 0.119 e. The minimum Gasteiger partial charge on any atom is -0.497 e. The number of benzene rings is 2. The van der Waals surface area contributed by atoms with Crippen LogP contribution in [0.1, 0.15) is 22.7 Å². The highest BCUT2D eigenvalue weighted by atomic mass is 32.2. The normalized spacial score (nSPS) is 21.0. The molecule has 0 bridgehead atoms. The largest absolute Gasteiger partial charge is 0.497 e. The molecule has 2 aromatic rings. The second-order valence-corrected chi connectivity index (χ2v) is 7.25. The van der Waals surface area contributed by atoms with E-state index < -0.39 is 0 Å². The van der Waals surface area contributed by atoms with Gasteiger partial charge in [0, 0.05) is 29.8 Å². The first-order chi connectivity index (χ1) is 11.3. The van der Waals surface area contributed by atoms with E-state index >= 15 is 0 Å². The number of hydrogen-bond acceptors (Lipinski definition) is 4. The van der Waals surface area contributed by atoms with Crippen molar-refractivity contribution in [3.63, 3.8) is 0 Å². The van der Waals surface area contributed by atoms with Crippen LogP contribution in [0.2, 0.25) is 0 Å². The molecular weight excluding hydrogens is 304 g/mol. The van der Waals surface area contributed by atoms with E-state index in [4.69, 9.17) is 4.74 Å². The molecule has 2 aliphatic rings. The van der Waals surface area contributed by atoms with Crippen LogP contribution >= 0.6 is 11.8 Å². The van der Waals surface area contributed by atoms with Crippen molar-refractivity contribution in [1.29, 1.82) is 0 Å². The zero-order valence-corrected chi connectivity index (χ0v) is 14.4. The van der Waals surface area contributed by atoms with E-state index in [1.807, 2.05) is 11.8 Å². The van der Waals surface area contributed by atoms with Crippen LogP contribution < -0.4 is 10.1 Å². The predicted octanol–water partition coefficient (Wildman–Crippen LogP) is 3.29. The predicted molar refractivity (Wildman–Crippen MR) is 95.3 cm³/mol. The molecule has 1 saturated heterocycles. The van der Waals surface area contributed by atoms with Gasteiger partial charge in [-0.05, 0) is 41.9 Å². The van der Waals surface area contributed by atoms with Crippen molar-refractivity contribution in [1.82, 2.24) is 10.2 Å². The van der Waals surface area contributed by atoms with Crippen LogP contribution in [0.25, 0.3) is 0 Å². The Balaban J connectivity index is 1.81. The number of nitrogens with one attached hydrogen (secondary N) is 1. The molecule has 0 aliphatic carbocycles. The van der Waals surface area contributed by atoms with Gasteiger partial charge in [-0.15, -0.1) is 11.8 Å². The average molecular weight is 326 g/mol. The second kappa shape index (κ2) is 6.19. The maximum atomic E-state index is 5.49. The van der Waals surface area contributed by atoms with E-state index in [9.17, 15) is 0 Å². The van der Waals surface area contributed by atoms with Crippen LogP contribution in [-0.2, 0) is 5.75 Å². The number of likely N-dealkylation sites (N-methyl/N-ethyl adjacent to an activating group) is 1. The summed E-state index contributed by atoms with van der Waals surface area (Å²) in [4.78, 5) is 3.95. The highest BCUT2D eigenvalue weighted by molar-refractivity contribution is 7.98. The van der Waals surface area contributed by atoms with Crippen molar-refractivity contribution >= 4 is 11.8 Å². The van der Waals surface area contributed by atoms with Crippen molar-refractivity contribution in [2.75, 3.05) is 27.2 Å². The van der Waals surface area contributed by atoms with Crippen molar-refractivity contribution < 1.29 is 4.74 Å². The molecule has 4 heteroatoms. The molecule has 2 aromatic carbocycles. The molecule has 2 aliphatic heterocycles. The van der Waals surface area contributed by atoms with E-state index in [1.54, 1.807) is 7.11 Å². The van der Waals surface area contributed by atoms with Crippen molar-refractivity contribution in [3.05, 3.63) is 59.2 Å². The summed E-state index contributed by atoms with van der Waals surface area (Å²) in [7, 11) is 3.80. The fourth-order valence-corrected chi connectivity index (χ4v) is 4.63. The molecule has 0 aromatic heterocycles. The summed E-state index contributed by atoms with van der Waals surface area (Å²) in [5.74, 6) is 1.98. The third-order valence-electron chi connectivity index (χ3n) is 4.93. The average Bonchev–Trinajstić information content (AvgIpc) is 2.71. The number of fused-ring (bicyclic) bond motifs is 2. The van der Waals surface area contributed by atoms with Gasteiger partial charge in [-0.2, -0.15) is 0 Å². The van der Waals surface area contributed by atoms with Gasteiger partial charge in [-0.3, -0.25) is 4.90 Å².